The molecule has 1 aliphatic heterocycles. The van der Waals surface area contributed by atoms with Gasteiger partial charge in [-0.25, -0.2) is 4.79 Å². The number of ether oxygens (including phenoxy) is 1. The summed E-state index contributed by atoms with van der Waals surface area (Å²) in [6.07, 6.45) is 0. The van der Waals surface area contributed by atoms with Gasteiger partial charge in [-0.2, -0.15) is 0 Å². The van der Waals surface area contributed by atoms with Gasteiger partial charge in [-0.3, -0.25) is 0 Å². The van der Waals surface area contributed by atoms with Crippen molar-refractivity contribution in [3.8, 4) is 5.75 Å². The lowest BCUT2D eigenvalue weighted by Gasteiger charge is -2.34. The Morgan fingerprint density at radius 1 is 1.35 bits per heavy atom. The Morgan fingerprint density at radius 3 is 2.45 bits per heavy atom. The molecule has 1 N–H and O–H groups in total. The second-order valence-electron chi connectivity index (χ2n) is 4.50. The Balaban J connectivity index is 2.47. The summed E-state index contributed by atoms with van der Waals surface area (Å²) in [5, 5.41) is 14.0. The molecule has 0 aliphatic carbocycles. The molecular formula is C14H15N2O4-. The number of hydrogen-bond donors (Lipinski definition) is 1. The Labute approximate surface area is 116 Å². The van der Waals surface area contributed by atoms with Crippen LogP contribution in [0.3, 0.4) is 0 Å². The first-order chi connectivity index (χ1) is 9.45. The average Bonchev–Trinajstić information content (AvgIpc) is 2.44. The largest absolute Gasteiger partial charge is 0.545 e. The predicted octanol–water partition coefficient (Wildman–Crippen LogP) is 0.415. The molecule has 0 spiro atoms. The van der Waals surface area contributed by atoms with Gasteiger partial charge in [0.15, 0.2) is 0 Å². The zero-order chi connectivity index (χ0) is 14.9. The molecular weight excluding hydrogens is 260 g/mol. The Hall–Kier alpha value is -2.50. The molecule has 0 saturated heterocycles. The quantitative estimate of drug-likeness (QED) is 0.866. The fourth-order valence-electron chi connectivity index (χ4n) is 2.15. The number of carbonyl (C=O) groups is 2. The number of carboxylic acids is 1. The number of aliphatic carboxylic acids is 1. The third-order valence-corrected chi connectivity index (χ3v) is 3.42. The average molecular weight is 275 g/mol. The zero-order valence-electron chi connectivity index (χ0n) is 11.5. The molecule has 0 aromatic heterocycles. The van der Waals surface area contributed by atoms with Gasteiger partial charge in [0.25, 0.3) is 0 Å². The maximum Gasteiger partial charge on any atom is 0.322 e. The van der Waals surface area contributed by atoms with E-state index >= 15 is 0 Å². The van der Waals surface area contributed by atoms with E-state index in [9.17, 15) is 14.7 Å². The lowest BCUT2D eigenvalue weighted by atomic mass is 9.95. The van der Waals surface area contributed by atoms with Crippen LogP contribution < -0.4 is 15.2 Å². The predicted molar refractivity (Wildman–Crippen MR) is 69.7 cm³/mol. The van der Waals surface area contributed by atoms with Gasteiger partial charge in [-0.15, -0.1) is 0 Å². The van der Waals surface area contributed by atoms with Crippen LogP contribution in [0.15, 0.2) is 35.5 Å². The molecule has 6 heteroatoms. The molecule has 1 atom stereocenters. The van der Waals surface area contributed by atoms with Crippen molar-refractivity contribution in [2.24, 2.45) is 0 Å². The van der Waals surface area contributed by atoms with Crippen LogP contribution in [0.25, 0.3) is 0 Å². The molecule has 0 radical (unpaired) electrons. The third kappa shape index (κ3) is 2.32. The smallest absolute Gasteiger partial charge is 0.322 e. The summed E-state index contributed by atoms with van der Waals surface area (Å²) in [4.78, 5) is 24.4. The van der Waals surface area contributed by atoms with Crippen molar-refractivity contribution in [2.45, 2.75) is 13.0 Å². The van der Waals surface area contributed by atoms with Crippen LogP contribution in [0, 0.1) is 0 Å². The highest BCUT2D eigenvalue weighted by Crippen LogP contribution is 2.30. The van der Waals surface area contributed by atoms with E-state index in [-0.39, 0.29) is 11.6 Å². The number of hydrogen-bond acceptors (Lipinski definition) is 4. The normalized spacial score (nSPS) is 18.9. The first-order valence-corrected chi connectivity index (χ1v) is 6.06. The Kier molecular flexibility index (Phi) is 3.65. The summed E-state index contributed by atoms with van der Waals surface area (Å²) in [7, 11) is 3.06. The van der Waals surface area contributed by atoms with Crippen LogP contribution in [-0.2, 0) is 4.79 Å². The van der Waals surface area contributed by atoms with Gasteiger partial charge in [-0.05, 0) is 24.6 Å². The first-order valence-electron chi connectivity index (χ1n) is 6.06. The van der Waals surface area contributed by atoms with E-state index in [2.05, 4.69) is 5.32 Å². The van der Waals surface area contributed by atoms with Crippen LogP contribution in [-0.4, -0.2) is 31.1 Å². The van der Waals surface area contributed by atoms with Crippen molar-refractivity contribution in [1.29, 1.82) is 0 Å². The third-order valence-electron chi connectivity index (χ3n) is 3.42. The number of nitrogens with one attached hydrogen (secondary N) is 1. The second kappa shape index (κ2) is 5.24. The SMILES string of the molecule is COc1ccc([C@H]2NC(=O)N(C)C(C)=C2C(=O)[O-])cc1. The number of allylic oxidation sites excluding steroid dienone is 1. The molecule has 0 bridgehead atoms. The first kappa shape index (κ1) is 13.9. The minimum absolute atomic E-state index is 0.0530. The monoisotopic (exact) mass is 275 g/mol. The molecule has 0 fully saturated rings. The van der Waals surface area contributed by atoms with E-state index in [1.165, 1.54) is 11.9 Å². The number of carboxylic acid groups (broad SMARTS) is 1. The summed E-state index contributed by atoms with van der Waals surface area (Å²) < 4.78 is 5.05. The highest BCUT2D eigenvalue weighted by Gasteiger charge is 2.30. The van der Waals surface area contributed by atoms with Crippen LogP contribution in [0.4, 0.5) is 4.79 Å². The lowest BCUT2D eigenvalue weighted by molar-refractivity contribution is -0.300. The molecule has 2 rings (SSSR count). The van der Waals surface area contributed by atoms with Crippen LogP contribution in [0.1, 0.15) is 18.5 Å². The minimum atomic E-state index is -1.30. The van der Waals surface area contributed by atoms with E-state index in [4.69, 9.17) is 4.74 Å². The van der Waals surface area contributed by atoms with Gasteiger partial charge in [0.05, 0.1) is 19.1 Å². The summed E-state index contributed by atoms with van der Waals surface area (Å²) >= 11 is 0. The maximum absolute atomic E-state index is 11.8. The zero-order valence-corrected chi connectivity index (χ0v) is 11.5. The molecule has 1 aliphatic rings. The lowest BCUT2D eigenvalue weighted by Crippen LogP contribution is -2.48. The second-order valence-corrected chi connectivity index (χ2v) is 4.50. The number of benzene rings is 1. The molecule has 1 aromatic rings. The topological polar surface area (TPSA) is 81.7 Å². The van der Waals surface area contributed by atoms with Crippen LogP contribution in [0.5, 0.6) is 5.75 Å². The van der Waals surface area contributed by atoms with E-state index in [1.807, 2.05) is 0 Å². The molecule has 20 heavy (non-hydrogen) atoms. The van der Waals surface area contributed by atoms with Gasteiger partial charge >= 0.3 is 6.03 Å². The van der Waals surface area contributed by atoms with Crippen molar-refractivity contribution in [3.63, 3.8) is 0 Å². The van der Waals surface area contributed by atoms with E-state index in [1.54, 1.807) is 38.3 Å². The van der Waals surface area contributed by atoms with Crippen molar-refractivity contribution in [2.75, 3.05) is 14.2 Å². The van der Waals surface area contributed by atoms with Crippen LogP contribution in [0.2, 0.25) is 0 Å². The summed E-state index contributed by atoms with van der Waals surface area (Å²) in [5.41, 5.74) is 1.08. The minimum Gasteiger partial charge on any atom is -0.545 e. The van der Waals surface area contributed by atoms with E-state index in [0.29, 0.717) is 17.0 Å². The van der Waals surface area contributed by atoms with E-state index < -0.39 is 12.0 Å². The summed E-state index contributed by atoms with van der Waals surface area (Å²) in [5.74, 6) is -0.640. The van der Waals surface area contributed by atoms with Crippen molar-refractivity contribution >= 4 is 12.0 Å². The molecule has 1 aromatic carbocycles. The van der Waals surface area contributed by atoms with E-state index in [0.717, 1.165) is 0 Å². The van der Waals surface area contributed by atoms with Crippen molar-refractivity contribution in [3.05, 3.63) is 41.1 Å². The van der Waals surface area contributed by atoms with Gasteiger partial charge in [0.2, 0.25) is 0 Å². The molecule has 6 nitrogen and oxygen atoms in total. The van der Waals surface area contributed by atoms with Crippen LogP contribution >= 0.6 is 0 Å². The van der Waals surface area contributed by atoms with Gasteiger partial charge in [0, 0.05) is 18.3 Å². The molecule has 0 unspecified atom stereocenters. The maximum atomic E-state index is 11.8. The highest BCUT2D eigenvalue weighted by molar-refractivity contribution is 5.92. The van der Waals surface area contributed by atoms with Crippen molar-refractivity contribution in [1.82, 2.24) is 10.2 Å². The molecule has 106 valence electrons. The summed E-state index contributed by atoms with van der Waals surface area (Å²) in [6.45, 7) is 1.58. The molecule has 1 heterocycles. The van der Waals surface area contributed by atoms with Gasteiger partial charge < -0.3 is 24.9 Å². The Bertz CT molecular complexity index is 577. The number of rotatable bonds is 3. The number of carbonyl (C=O) groups excluding carboxylic acids is 2. The number of amides is 2. The molecule has 0 saturated carbocycles. The van der Waals surface area contributed by atoms with Gasteiger partial charge in [0.1, 0.15) is 5.75 Å². The number of methoxy groups -OCH3 is 1. The fraction of sp³-hybridized carbons (Fsp3) is 0.286. The number of nitrogens with zero attached hydrogens (tertiary/aromatic N) is 1. The molecule has 2 amide bonds. The number of urea groups is 1. The fourth-order valence-corrected chi connectivity index (χ4v) is 2.15. The summed E-state index contributed by atoms with van der Waals surface area (Å²) in [6, 6.07) is 5.77. The highest BCUT2D eigenvalue weighted by atomic mass is 16.5. The Morgan fingerprint density at radius 2 is 1.95 bits per heavy atom. The standard InChI is InChI=1S/C14H16N2O4/c1-8-11(13(17)18)12(15-14(19)16(8)2)9-4-6-10(20-3)7-5-9/h4-7,12H,1-3H3,(H,15,19)(H,17,18)/p-1/t12-/m1/s1. The van der Waals surface area contributed by atoms with Crippen molar-refractivity contribution < 1.29 is 19.4 Å². The van der Waals surface area contributed by atoms with Gasteiger partial charge in [-0.1, -0.05) is 12.1 Å².